The van der Waals surface area contributed by atoms with E-state index in [1.54, 1.807) is 0 Å². The lowest BCUT2D eigenvalue weighted by atomic mass is 10.2. The molecule has 0 aromatic rings. The van der Waals surface area contributed by atoms with Crippen molar-refractivity contribution in [2.24, 2.45) is 22.2 Å². The van der Waals surface area contributed by atoms with Gasteiger partial charge in [-0.1, -0.05) is 0 Å². The van der Waals surface area contributed by atoms with Crippen LogP contribution in [0.25, 0.3) is 0 Å². The third kappa shape index (κ3) is 9.86. The molecule has 106 valence electrons. The Morgan fingerprint density at radius 2 is 1.94 bits per heavy atom. The number of nitrogens with zero attached hydrogens (tertiary/aromatic N) is 2. The number of quaternary nitrogens is 1. The summed E-state index contributed by atoms with van der Waals surface area (Å²) in [7, 11) is 6.09. The predicted octanol–water partition coefficient (Wildman–Crippen LogP) is -1.38. The maximum absolute atomic E-state index is 11.5. The molecule has 0 bridgehead atoms. The zero-order valence-electron chi connectivity index (χ0n) is 11.6. The van der Waals surface area contributed by atoms with Crippen molar-refractivity contribution in [1.82, 2.24) is 0 Å². The summed E-state index contributed by atoms with van der Waals surface area (Å²) in [6.45, 7) is 1.61. The summed E-state index contributed by atoms with van der Waals surface area (Å²) in [6.07, 6.45) is 1.17. The summed E-state index contributed by atoms with van der Waals surface area (Å²) in [4.78, 5) is 15.3. The molecule has 0 saturated heterocycles. The summed E-state index contributed by atoms with van der Waals surface area (Å²) >= 11 is 0. The third-order valence-corrected chi connectivity index (χ3v) is 2.28. The van der Waals surface area contributed by atoms with E-state index in [4.69, 9.17) is 21.9 Å². The predicted molar refractivity (Wildman–Crippen MR) is 71.7 cm³/mol. The molecule has 0 fully saturated rings. The molecule has 0 amide bonds. The number of likely N-dealkylation sites (N-methyl/N-ethyl adjacent to an activating group) is 1. The number of guanidine groups is 1. The fourth-order valence-electron chi connectivity index (χ4n) is 1.16. The molecule has 0 saturated carbocycles. The molecule has 0 aromatic heterocycles. The lowest BCUT2D eigenvalue weighted by molar-refractivity contribution is -0.870. The SMILES string of the molecule is C[N+](C)(C)CCOC(=O)[C@@H](N)CCCN=C(N)N. The lowest BCUT2D eigenvalue weighted by Gasteiger charge is -2.23. The first-order valence-corrected chi connectivity index (χ1v) is 6.00. The van der Waals surface area contributed by atoms with Crippen LogP contribution in [0.2, 0.25) is 0 Å². The summed E-state index contributed by atoms with van der Waals surface area (Å²) in [6, 6.07) is -0.605. The molecular formula is C11H26N5O2+. The van der Waals surface area contributed by atoms with Gasteiger partial charge in [0.25, 0.3) is 0 Å². The lowest BCUT2D eigenvalue weighted by Crippen LogP contribution is -2.40. The second-order valence-corrected chi connectivity index (χ2v) is 5.24. The number of rotatable bonds is 8. The molecule has 0 unspecified atom stereocenters. The van der Waals surface area contributed by atoms with Gasteiger partial charge in [-0.2, -0.15) is 0 Å². The van der Waals surface area contributed by atoms with Gasteiger partial charge in [0.1, 0.15) is 19.2 Å². The molecule has 7 heteroatoms. The van der Waals surface area contributed by atoms with Crippen LogP contribution >= 0.6 is 0 Å². The second kappa shape index (κ2) is 7.88. The van der Waals surface area contributed by atoms with Crippen molar-refractivity contribution >= 4 is 11.9 Å². The normalized spacial score (nSPS) is 12.9. The number of hydrogen-bond acceptors (Lipinski definition) is 4. The molecule has 0 heterocycles. The molecule has 0 aliphatic carbocycles. The van der Waals surface area contributed by atoms with Crippen LogP contribution in [0.5, 0.6) is 0 Å². The number of nitrogens with two attached hydrogens (primary N) is 3. The van der Waals surface area contributed by atoms with Crippen LogP contribution in [0, 0.1) is 0 Å². The van der Waals surface area contributed by atoms with Gasteiger partial charge in [-0.25, -0.2) is 0 Å². The van der Waals surface area contributed by atoms with Crippen molar-refractivity contribution in [2.75, 3.05) is 40.8 Å². The molecule has 0 aromatic carbocycles. The van der Waals surface area contributed by atoms with Gasteiger partial charge in [-0.15, -0.1) is 0 Å². The van der Waals surface area contributed by atoms with Crippen LogP contribution in [-0.2, 0) is 9.53 Å². The molecule has 1 atom stereocenters. The highest BCUT2D eigenvalue weighted by Crippen LogP contribution is 1.98. The van der Waals surface area contributed by atoms with Crippen molar-refractivity contribution in [3.8, 4) is 0 Å². The monoisotopic (exact) mass is 260 g/mol. The van der Waals surface area contributed by atoms with Crippen molar-refractivity contribution in [3.63, 3.8) is 0 Å². The fraction of sp³-hybridized carbons (Fsp3) is 0.818. The Bertz CT molecular complexity index is 282. The summed E-state index contributed by atoms with van der Waals surface area (Å²) in [5.41, 5.74) is 16.1. The minimum Gasteiger partial charge on any atom is -0.459 e. The van der Waals surface area contributed by atoms with E-state index in [1.807, 2.05) is 21.1 Å². The van der Waals surface area contributed by atoms with Gasteiger partial charge in [0, 0.05) is 6.54 Å². The molecule has 0 radical (unpaired) electrons. The first-order valence-electron chi connectivity index (χ1n) is 6.00. The zero-order valence-corrected chi connectivity index (χ0v) is 11.6. The van der Waals surface area contributed by atoms with Gasteiger partial charge in [0.15, 0.2) is 5.96 Å². The van der Waals surface area contributed by atoms with E-state index in [9.17, 15) is 4.79 Å². The highest BCUT2D eigenvalue weighted by molar-refractivity contribution is 5.76. The summed E-state index contributed by atoms with van der Waals surface area (Å²) < 4.78 is 5.84. The van der Waals surface area contributed by atoms with Crippen molar-refractivity contribution < 1.29 is 14.0 Å². The molecule has 0 aliphatic heterocycles. The van der Waals surface area contributed by atoms with E-state index in [2.05, 4.69) is 4.99 Å². The van der Waals surface area contributed by atoms with Gasteiger partial charge in [-0.3, -0.25) is 9.79 Å². The van der Waals surface area contributed by atoms with Crippen LogP contribution in [0.3, 0.4) is 0 Å². The highest BCUT2D eigenvalue weighted by Gasteiger charge is 2.16. The smallest absolute Gasteiger partial charge is 0.323 e. The highest BCUT2D eigenvalue weighted by atomic mass is 16.5. The van der Waals surface area contributed by atoms with E-state index in [0.29, 0.717) is 26.0 Å². The molecule has 0 spiro atoms. The van der Waals surface area contributed by atoms with E-state index in [1.165, 1.54) is 0 Å². The number of carbonyl (C=O) groups excluding carboxylic acids is 1. The minimum absolute atomic E-state index is 0.0501. The Morgan fingerprint density at radius 1 is 1.33 bits per heavy atom. The van der Waals surface area contributed by atoms with Crippen molar-refractivity contribution in [3.05, 3.63) is 0 Å². The van der Waals surface area contributed by atoms with Gasteiger partial charge < -0.3 is 26.4 Å². The number of carbonyl (C=O) groups is 1. The quantitative estimate of drug-likeness (QED) is 0.163. The Morgan fingerprint density at radius 3 is 2.44 bits per heavy atom. The number of aliphatic imine (C=N–C) groups is 1. The Hall–Kier alpha value is -1.34. The largest absolute Gasteiger partial charge is 0.459 e. The standard InChI is InChI=1S/C11H26N5O2/c1-16(2,3)7-8-18-10(17)9(12)5-4-6-15-11(13)14/h9H,4-8,12H2,1-3H3,(H4,13,14,15)/q+1/t9-/m0/s1. The maximum Gasteiger partial charge on any atom is 0.323 e. The number of hydrogen-bond donors (Lipinski definition) is 3. The van der Waals surface area contributed by atoms with Crippen LogP contribution in [0.1, 0.15) is 12.8 Å². The van der Waals surface area contributed by atoms with E-state index in [0.717, 1.165) is 11.0 Å². The minimum atomic E-state index is -0.605. The third-order valence-electron chi connectivity index (χ3n) is 2.28. The molecule has 0 aliphatic rings. The summed E-state index contributed by atoms with van der Waals surface area (Å²) in [5, 5.41) is 0. The average molecular weight is 260 g/mol. The first-order chi connectivity index (χ1) is 8.22. The molecule has 0 rings (SSSR count). The number of esters is 1. The van der Waals surface area contributed by atoms with Crippen LogP contribution in [-0.4, -0.2) is 63.3 Å². The first kappa shape index (κ1) is 16.7. The van der Waals surface area contributed by atoms with Crippen LogP contribution < -0.4 is 17.2 Å². The van der Waals surface area contributed by atoms with Crippen molar-refractivity contribution in [1.29, 1.82) is 0 Å². The Balaban J connectivity index is 3.73. The molecule has 18 heavy (non-hydrogen) atoms. The van der Waals surface area contributed by atoms with E-state index < -0.39 is 6.04 Å². The van der Waals surface area contributed by atoms with Crippen molar-refractivity contribution in [2.45, 2.75) is 18.9 Å². The fourth-order valence-corrected chi connectivity index (χ4v) is 1.16. The van der Waals surface area contributed by atoms with Gasteiger partial charge in [0.2, 0.25) is 0 Å². The van der Waals surface area contributed by atoms with Crippen LogP contribution in [0.15, 0.2) is 4.99 Å². The maximum atomic E-state index is 11.5. The van der Waals surface area contributed by atoms with Gasteiger partial charge >= 0.3 is 5.97 Å². The topological polar surface area (TPSA) is 117 Å². The number of ether oxygens (including phenoxy) is 1. The molecular weight excluding hydrogens is 234 g/mol. The Labute approximate surface area is 109 Å². The summed E-state index contributed by atoms with van der Waals surface area (Å²) in [5.74, 6) is -0.317. The van der Waals surface area contributed by atoms with E-state index >= 15 is 0 Å². The Kier molecular flexibility index (Phi) is 7.30. The van der Waals surface area contributed by atoms with Gasteiger partial charge in [0.05, 0.1) is 21.1 Å². The van der Waals surface area contributed by atoms with Gasteiger partial charge in [-0.05, 0) is 12.8 Å². The molecule has 7 nitrogen and oxygen atoms in total. The van der Waals surface area contributed by atoms with E-state index in [-0.39, 0.29) is 11.9 Å². The zero-order chi connectivity index (χ0) is 14.2. The van der Waals surface area contributed by atoms with Crippen LogP contribution in [0.4, 0.5) is 0 Å². The average Bonchev–Trinajstić information content (AvgIpc) is 2.21. The second-order valence-electron chi connectivity index (χ2n) is 5.24. The molecule has 6 N–H and O–H groups in total.